The maximum atomic E-state index is 11.3. The Bertz CT molecular complexity index is 176. The van der Waals surface area contributed by atoms with E-state index in [2.05, 4.69) is 19.2 Å². The van der Waals surface area contributed by atoms with Crippen LogP contribution in [0.3, 0.4) is 0 Å². The van der Waals surface area contributed by atoms with Crippen LogP contribution in [0, 0.1) is 5.92 Å². The highest BCUT2D eigenvalue weighted by atomic mass is 35.5. The van der Waals surface area contributed by atoms with E-state index in [0.29, 0.717) is 13.1 Å². The highest BCUT2D eigenvalue weighted by Crippen LogP contribution is 2.19. The van der Waals surface area contributed by atoms with Crippen LogP contribution < -0.4 is 11.1 Å². The first-order valence-electron chi connectivity index (χ1n) is 4.46. The average molecular weight is 241 g/mol. The first-order chi connectivity index (χ1) is 5.93. The fraction of sp³-hybridized carbons (Fsp3) is 0.889. The molecule has 0 aromatic heterocycles. The van der Waals surface area contributed by atoms with Gasteiger partial charge in [0.15, 0.2) is 0 Å². The van der Waals surface area contributed by atoms with Crippen molar-refractivity contribution in [3.8, 4) is 0 Å². The quantitative estimate of drug-likeness (QED) is 0.761. The number of thioether (sulfide) groups is 1. The maximum absolute atomic E-state index is 11.3. The number of hydrogen-bond acceptors (Lipinski definition) is 3. The van der Waals surface area contributed by atoms with Crippen molar-refractivity contribution >= 4 is 30.1 Å². The molecule has 1 unspecified atom stereocenters. The van der Waals surface area contributed by atoms with Gasteiger partial charge in [-0.2, -0.15) is 11.8 Å². The van der Waals surface area contributed by atoms with Crippen LogP contribution in [0.15, 0.2) is 0 Å². The van der Waals surface area contributed by atoms with Gasteiger partial charge < -0.3 is 11.1 Å². The number of amides is 1. The molecule has 3 N–H and O–H groups in total. The maximum Gasteiger partial charge on any atom is 0.224 e. The van der Waals surface area contributed by atoms with Gasteiger partial charge in [0.2, 0.25) is 5.91 Å². The van der Waals surface area contributed by atoms with Crippen LogP contribution in [-0.2, 0) is 4.79 Å². The van der Waals surface area contributed by atoms with Crippen molar-refractivity contribution in [2.24, 2.45) is 11.7 Å². The second-order valence-corrected chi connectivity index (χ2v) is 5.33. The van der Waals surface area contributed by atoms with Crippen LogP contribution in [0.4, 0.5) is 0 Å². The zero-order valence-corrected chi connectivity index (χ0v) is 10.9. The number of nitrogens with two attached hydrogens (primary N) is 1. The first-order valence-corrected chi connectivity index (χ1v) is 5.68. The molecule has 0 aliphatic rings. The number of hydrogen-bond donors (Lipinski definition) is 2. The third-order valence-electron chi connectivity index (χ3n) is 2.04. The predicted molar refractivity (Wildman–Crippen MR) is 66.1 cm³/mol. The van der Waals surface area contributed by atoms with Gasteiger partial charge in [0, 0.05) is 23.8 Å². The summed E-state index contributed by atoms with van der Waals surface area (Å²) in [6.45, 7) is 7.14. The van der Waals surface area contributed by atoms with E-state index >= 15 is 0 Å². The zero-order chi connectivity index (χ0) is 10.5. The highest BCUT2D eigenvalue weighted by Gasteiger charge is 2.18. The summed E-state index contributed by atoms with van der Waals surface area (Å²) in [6.07, 6.45) is 2.04. The van der Waals surface area contributed by atoms with Crippen LogP contribution in [0.25, 0.3) is 0 Å². The molecule has 0 fully saturated rings. The van der Waals surface area contributed by atoms with Crippen LogP contribution in [0.2, 0.25) is 0 Å². The number of rotatable bonds is 5. The fourth-order valence-corrected chi connectivity index (χ4v) is 0.870. The minimum Gasteiger partial charge on any atom is -0.354 e. The zero-order valence-electron chi connectivity index (χ0n) is 9.29. The van der Waals surface area contributed by atoms with Gasteiger partial charge in [-0.1, -0.05) is 6.92 Å². The Morgan fingerprint density at radius 3 is 2.43 bits per heavy atom. The summed E-state index contributed by atoms with van der Waals surface area (Å²) in [5, 5.41) is 2.88. The molecule has 86 valence electrons. The van der Waals surface area contributed by atoms with Gasteiger partial charge in [-0.15, -0.1) is 12.4 Å². The van der Waals surface area contributed by atoms with Crippen LogP contribution >= 0.6 is 24.2 Å². The summed E-state index contributed by atoms with van der Waals surface area (Å²) in [7, 11) is 0. The van der Waals surface area contributed by atoms with Crippen LogP contribution in [-0.4, -0.2) is 30.0 Å². The molecular weight excluding hydrogens is 220 g/mol. The largest absolute Gasteiger partial charge is 0.354 e. The topological polar surface area (TPSA) is 55.1 Å². The van der Waals surface area contributed by atoms with Gasteiger partial charge in [0.05, 0.1) is 0 Å². The van der Waals surface area contributed by atoms with E-state index in [1.54, 1.807) is 11.8 Å². The Labute approximate surface area is 97.0 Å². The molecule has 0 saturated heterocycles. The van der Waals surface area contributed by atoms with Gasteiger partial charge in [0.1, 0.15) is 0 Å². The summed E-state index contributed by atoms with van der Waals surface area (Å²) in [5.41, 5.74) is 5.38. The van der Waals surface area contributed by atoms with Gasteiger partial charge >= 0.3 is 0 Å². The molecule has 0 bridgehead atoms. The fourth-order valence-electron chi connectivity index (χ4n) is 0.653. The monoisotopic (exact) mass is 240 g/mol. The van der Waals surface area contributed by atoms with E-state index < -0.39 is 0 Å². The van der Waals surface area contributed by atoms with Crippen molar-refractivity contribution < 1.29 is 4.79 Å². The van der Waals surface area contributed by atoms with Crippen LogP contribution in [0.1, 0.15) is 20.8 Å². The molecule has 3 nitrogen and oxygen atoms in total. The number of halogens is 1. The third-order valence-corrected chi connectivity index (χ3v) is 3.29. The standard InChI is InChI=1S/C9H20N2OS.ClH/c1-7(5-10)8(12)11-6-9(2,3)13-4;/h7H,5-6,10H2,1-4H3,(H,11,12);1H. The third kappa shape index (κ3) is 6.51. The van der Waals surface area contributed by atoms with E-state index in [4.69, 9.17) is 5.73 Å². The molecule has 5 heteroatoms. The van der Waals surface area contributed by atoms with Crippen molar-refractivity contribution in [3.05, 3.63) is 0 Å². The van der Waals surface area contributed by atoms with E-state index in [0.717, 1.165) is 0 Å². The molecule has 0 heterocycles. The number of carbonyl (C=O) groups excluding carboxylic acids is 1. The van der Waals surface area contributed by atoms with Gasteiger partial charge in [-0.3, -0.25) is 4.79 Å². The normalized spacial score (nSPS) is 12.9. The molecule has 0 spiro atoms. The van der Waals surface area contributed by atoms with Crippen molar-refractivity contribution in [2.75, 3.05) is 19.3 Å². The molecule has 0 rings (SSSR count). The minimum atomic E-state index is -0.0855. The first kappa shape index (κ1) is 16.5. The molecule has 1 atom stereocenters. The summed E-state index contributed by atoms with van der Waals surface area (Å²) >= 11 is 1.74. The lowest BCUT2D eigenvalue weighted by Crippen LogP contribution is -2.40. The molecule has 0 saturated carbocycles. The highest BCUT2D eigenvalue weighted by molar-refractivity contribution is 7.99. The summed E-state index contributed by atoms with van der Waals surface area (Å²) in [6, 6.07) is 0. The Balaban J connectivity index is 0. The van der Waals surface area contributed by atoms with E-state index in [1.165, 1.54) is 0 Å². The van der Waals surface area contributed by atoms with Crippen molar-refractivity contribution in [2.45, 2.75) is 25.5 Å². The van der Waals surface area contributed by atoms with Crippen molar-refractivity contribution in [3.63, 3.8) is 0 Å². The lowest BCUT2D eigenvalue weighted by Gasteiger charge is -2.23. The average Bonchev–Trinajstić information content (AvgIpc) is 2.13. The Morgan fingerprint density at radius 1 is 1.57 bits per heavy atom. The van der Waals surface area contributed by atoms with E-state index in [-0.39, 0.29) is 29.0 Å². The molecule has 0 radical (unpaired) electrons. The number of carbonyl (C=O) groups is 1. The molecule has 0 aliphatic carbocycles. The molecule has 0 aromatic carbocycles. The lowest BCUT2D eigenvalue weighted by atomic mass is 10.1. The summed E-state index contributed by atoms with van der Waals surface area (Å²) < 4.78 is 0.101. The van der Waals surface area contributed by atoms with Crippen molar-refractivity contribution in [1.82, 2.24) is 5.32 Å². The molecule has 0 aromatic rings. The van der Waals surface area contributed by atoms with Crippen LogP contribution in [0.5, 0.6) is 0 Å². The summed E-state index contributed by atoms with van der Waals surface area (Å²) in [4.78, 5) is 11.3. The minimum absolute atomic E-state index is 0. The van der Waals surface area contributed by atoms with E-state index in [9.17, 15) is 4.79 Å². The summed E-state index contributed by atoms with van der Waals surface area (Å²) in [5.74, 6) is -0.0396. The Morgan fingerprint density at radius 2 is 2.07 bits per heavy atom. The predicted octanol–water partition coefficient (Wildman–Crippen LogP) is 1.26. The lowest BCUT2D eigenvalue weighted by molar-refractivity contribution is -0.124. The second-order valence-electron chi connectivity index (χ2n) is 3.82. The van der Waals surface area contributed by atoms with Gasteiger partial charge in [-0.05, 0) is 20.1 Å². The Hall–Kier alpha value is 0.0700. The second kappa shape index (κ2) is 7.37. The SMILES string of the molecule is CSC(C)(C)CNC(=O)C(C)CN.Cl. The van der Waals surface area contributed by atoms with Gasteiger partial charge in [-0.25, -0.2) is 0 Å². The molecule has 1 amide bonds. The van der Waals surface area contributed by atoms with Crippen molar-refractivity contribution in [1.29, 1.82) is 0 Å². The van der Waals surface area contributed by atoms with E-state index in [1.807, 2.05) is 13.2 Å². The molecule has 14 heavy (non-hydrogen) atoms. The number of nitrogens with one attached hydrogen (secondary N) is 1. The molecular formula is C9H21ClN2OS. The molecule has 0 aliphatic heterocycles. The van der Waals surface area contributed by atoms with Gasteiger partial charge in [0.25, 0.3) is 0 Å². The Kier molecular flexibility index (Phi) is 8.69. The smallest absolute Gasteiger partial charge is 0.224 e.